The third kappa shape index (κ3) is 3.62. The molecule has 0 radical (unpaired) electrons. The smallest absolute Gasteiger partial charge is 0.255 e. The van der Waals surface area contributed by atoms with Gasteiger partial charge < -0.3 is 10.2 Å². The highest BCUT2D eigenvalue weighted by atomic mass is 19.1. The van der Waals surface area contributed by atoms with Crippen molar-refractivity contribution < 1.29 is 14.0 Å². The number of nitrogens with zero attached hydrogens (tertiary/aromatic N) is 1. The van der Waals surface area contributed by atoms with Crippen LogP contribution in [0.15, 0.2) is 42.5 Å². The van der Waals surface area contributed by atoms with E-state index in [1.807, 2.05) is 24.0 Å². The topological polar surface area (TPSA) is 49.4 Å². The van der Waals surface area contributed by atoms with Crippen LogP contribution in [-0.2, 0) is 11.3 Å². The quantitative estimate of drug-likeness (QED) is 0.935. The number of carbonyl (C=O) groups is 2. The van der Waals surface area contributed by atoms with Crippen molar-refractivity contribution in [3.63, 3.8) is 0 Å². The molecule has 1 aliphatic rings. The molecule has 0 saturated carbocycles. The van der Waals surface area contributed by atoms with Crippen molar-refractivity contribution in [3.05, 3.63) is 65.0 Å². The van der Waals surface area contributed by atoms with Gasteiger partial charge in [-0.05, 0) is 48.7 Å². The van der Waals surface area contributed by atoms with E-state index in [4.69, 9.17) is 0 Å². The second-order valence-corrected chi connectivity index (χ2v) is 6.05. The van der Waals surface area contributed by atoms with Gasteiger partial charge in [-0.15, -0.1) is 0 Å². The number of benzene rings is 2. The van der Waals surface area contributed by atoms with Gasteiger partial charge in [0.2, 0.25) is 5.91 Å². The van der Waals surface area contributed by atoms with E-state index in [1.165, 1.54) is 6.07 Å². The number of anilines is 1. The van der Waals surface area contributed by atoms with Crippen LogP contribution in [0, 0.1) is 12.7 Å². The van der Waals surface area contributed by atoms with E-state index in [-0.39, 0.29) is 17.5 Å². The normalized spacial score (nSPS) is 14.1. The SMILES string of the molecule is Cc1ccc(F)c(NC(=O)c2ccc(CN3CCCC3=O)cc2)c1. The summed E-state index contributed by atoms with van der Waals surface area (Å²) in [5.41, 5.74) is 2.47. The van der Waals surface area contributed by atoms with Crippen LogP contribution in [0.3, 0.4) is 0 Å². The Hall–Kier alpha value is -2.69. The summed E-state index contributed by atoms with van der Waals surface area (Å²) in [5, 5.41) is 2.59. The molecule has 0 bridgehead atoms. The number of aryl methyl sites for hydroxylation is 1. The molecule has 0 aliphatic carbocycles. The van der Waals surface area contributed by atoms with Crippen molar-refractivity contribution in [1.82, 2.24) is 4.90 Å². The fraction of sp³-hybridized carbons (Fsp3) is 0.263. The van der Waals surface area contributed by atoms with Gasteiger partial charge in [0.15, 0.2) is 0 Å². The van der Waals surface area contributed by atoms with Crippen molar-refractivity contribution in [2.75, 3.05) is 11.9 Å². The van der Waals surface area contributed by atoms with Crippen LogP contribution in [0.5, 0.6) is 0 Å². The Morgan fingerprint density at radius 2 is 1.96 bits per heavy atom. The zero-order chi connectivity index (χ0) is 17.1. The summed E-state index contributed by atoms with van der Waals surface area (Å²) in [5.74, 6) is -0.645. The average molecular weight is 326 g/mol. The molecule has 1 N–H and O–H groups in total. The minimum atomic E-state index is -0.460. The Labute approximate surface area is 140 Å². The molecule has 0 aromatic heterocycles. The second kappa shape index (κ2) is 6.83. The van der Waals surface area contributed by atoms with Gasteiger partial charge in [-0.3, -0.25) is 9.59 Å². The third-order valence-electron chi connectivity index (χ3n) is 4.13. The highest BCUT2D eigenvalue weighted by Crippen LogP contribution is 2.18. The maximum absolute atomic E-state index is 13.7. The largest absolute Gasteiger partial charge is 0.338 e. The van der Waals surface area contributed by atoms with E-state index in [1.54, 1.807) is 24.3 Å². The van der Waals surface area contributed by atoms with Crippen LogP contribution in [0.2, 0.25) is 0 Å². The van der Waals surface area contributed by atoms with Gasteiger partial charge in [-0.1, -0.05) is 18.2 Å². The van der Waals surface area contributed by atoms with E-state index in [0.29, 0.717) is 18.5 Å². The highest BCUT2D eigenvalue weighted by Gasteiger charge is 2.20. The lowest BCUT2D eigenvalue weighted by atomic mass is 10.1. The van der Waals surface area contributed by atoms with E-state index in [0.717, 1.165) is 24.1 Å². The second-order valence-electron chi connectivity index (χ2n) is 6.05. The van der Waals surface area contributed by atoms with Crippen molar-refractivity contribution in [2.24, 2.45) is 0 Å². The minimum absolute atomic E-state index is 0.173. The summed E-state index contributed by atoms with van der Waals surface area (Å²) in [6, 6.07) is 11.6. The predicted molar refractivity (Wildman–Crippen MR) is 90.2 cm³/mol. The number of carbonyl (C=O) groups excluding carboxylic acids is 2. The molecule has 2 amide bonds. The standard InChI is InChI=1S/C19H19FN2O2/c1-13-4-9-16(20)17(11-13)21-19(24)15-7-5-14(6-8-15)12-22-10-2-3-18(22)23/h4-9,11H,2-3,10,12H2,1H3,(H,21,24). The molecule has 4 nitrogen and oxygen atoms in total. The molecule has 2 aromatic rings. The summed E-state index contributed by atoms with van der Waals surface area (Å²) >= 11 is 0. The summed E-state index contributed by atoms with van der Waals surface area (Å²) in [4.78, 5) is 25.7. The van der Waals surface area contributed by atoms with Crippen LogP contribution >= 0.6 is 0 Å². The molecule has 3 rings (SSSR count). The lowest BCUT2D eigenvalue weighted by Gasteiger charge is -2.15. The summed E-state index contributed by atoms with van der Waals surface area (Å²) in [6.45, 7) is 3.19. The molecule has 1 aliphatic heterocycles. The van der Waals surface area contributed by atoms with Crippen LogP contribution in [0.1, 0.15) is 34.3 Å². The highest BCUT2D eigenvalue weighted by molar-refractivity contribution is 6.04. The fourth-order valence-corrected chi connectivity index (χ4v) is 2.78. The van der Waals surface area contributed by atoms with Gasteiger partial charge >= 0.3 is 0 Å². The summed E-state index contributed by atoms with van der Waals surface area (Å²) in [7, 11) is 0. The Bertz CT molecular complexity index is 771. The van der Waals surface area contributed by atoms with E-state index in [2.05, 4.69) is 5.32 Å². The Morgan fingerprint density at radius 1 is 1.21 bits per heavy atom. The van der Waals surface area contributed by atoms with Crippen LogP contribution in [0.4, 0.5) is 10.1 Å². The molecule has 0 atom stereocenters. The monoisotopic (exact) mass is 326 g/mol. The van der Waals surface area contributed by atoms with Gasteiger partial charge in [-0.2, -0.15) is 0 Å². The van der Waals surface area contributed by atoms with Gasteiger partial charge in [0.25, 0.3) is 5.91 Å². The number of nitrogens with one attached hydrogen (secondary N) is 1. The van der Waals surface area contributed by atoms with E-state index < -0.39 is 5.82 Å². The number of rotatable bonds is 4. The number of halogens is 1. The van der Waals surface area contributed by atoms with Crippen LogP contribution in [0.25, 0.3) is 0 Å². The van der Waals surface area contributed by atoms with Gasteiger partial charge in [-0.25, -0.2) is 4.39 Å². The maximum atomic E-state index is 13.7. The third-order valence-corrected chi connectivity index (χ3v) is 4.13. The maximum Gasteiger partial charge on any atom is 0.255 e. The Balaban J connectivity index is 1.67. The first-order valence-electron chi connectivity index (χ1n) is 7.97. The summed E-state index contributed by atoms with van der Waals surface area (Å²) < 4.78 is 13.7. The zero-order valence-electron chi connectivity index (χ0n) is 13.5. The number of likely N-dealkylation sites (tertiary alicyclic amines) is 1. The summed E-state index contributed by atoms with van der Waals surface area (Å²) in [6.07, 6.45) is 1.52. The van der Waals surface area contributed by atoms with Gasteiger partial charge in [0.1, 0.15) is 5.82 Å². The van der Waals surface area contributed by atoms with Crippen molar-refractivity contribution >= 4 is 17.5 Å². The molecule has 0 spiro atoms. The number of hydrogen-bond donors (Lipinski definition) is 1. The zero-order valence-corrected chi connectivity index (χ0v) is 13.5. The van der Waals surface area contributed by atoms with E-state index in [9.17, 15) is 14.0 Å². The van der Waals surface area contributed by atoms with E-state index >= 15 is 0 Å². The molecule has 24 heavy (non-hydrogen) atoms. The van der Waals surface area contributed by atoms with Crippen LogP contribution in [-0.4, -0.2) is 23.3 Å². The first-order valence-corrected chi connectivity index (χ1v) is 7.97. The van der Waals surface area contributed by atoms with Crippen molar-refractivity contribution in [3.8, 4) is 0 Å². The number of hydrogen-bond acceptors (Lipinski definition) is 2. The lowest BCUT2D eigenvalue weighted by molar-refractivity contribution is -0.128. The predicted octanol–water partition coefficient (Wildman–Crippen LogP) is 3.51. The Morgan fingerprint density at radius 3 is 2.62 bits per heavy atom. The Kier molecular flexibility index (Phi) is 4.60. The molecule has 0 unspecified atom stereocenters. The molecule has 1 saturated heterocycles. The molecule has 124 valence electrons. The molecule has 1 heterocycles. The van der Waals surface area contributed by atoms with Crippen molar-refractivity contribution in [2.45, 2.75) is 26.3 Å². The molecular formula is C19H19FN2O2. The first-order chi connectivity index (χ1) is 11.5. The first kappa shape index (κ1) is 16.2. The van der Waals surface area contributed by atoms with Crippen LogP contribution < -0.4 is 5.32 Å². The molecule has 1 fully saturated rings. The fourth-order valence-electron chi connectivity index (χ4n) is 2.78. The average Bonchev–Trinajstić information content (AvgIpc) is 2.96. The lowest BCUT2D eigenvalue weighted by Crippen LogP contribution is -2.23. The minimum Gasteiger partial charge on any atom is -0.338 e. The van der Waals surface area contributed by atoms with Crippen molar-refractivity contribution in [1.29, 1.82) is 0 Å². The van der Waals surface area contributed by atoms with Gasteiger partial charge in [0, 0.05) is 25.1 Å². The van der Waals surface area contributed by atoms with Gasteiger partial charge in [0.05, 0.1) is 5.69 Å². The molecule has 2 aromatic carbocycles. The molecule has 5 heteroatoms. The molecular weight excluding hydrogens is 307 g/mol. The number of amides is 2.